The summed E-state index contributed by atoms with van der Waals surface area (Å²) in [5.41, 5.74) is 4.39. The molecule has 1 N–H and O–H groups in total. The molecule has 0 bridgehead atoms. The number of aliphatic hydroxyl groups is 1. The molecule has 37 heavy (non-hydrogen) atoms. The minimum absolute atomic E-state index is 0.0183. The zero-order valence-electron chi connectivity index (χ0n) is 22.2. The Balaban J connectivity index is 1.91. The second-order valence-corrected chi connectivity index (χ2v) is 9.89. The zero-order valence-corrected chi connectivity index (χ0v) is 22.2. The maximum Gasteiger partial charge on any atom is 0.300 e. The van der Waals surface area contributed by atoms with E-state index in [-0.39, 0.29) is 11.3 Å². The Labute approximate surface area is 218 Å². The number of Topliss-reactive ketones (excluding diaryl/α,β-unsaturated/α-hetero) is 1. The fourth-order valence-corrected chi connectivity index (χ4v) is 4.71. The van der Waals surface area contributed by atoms with E-state index in [1.807, 2.05) is 57.2 Å². The van der Waals surface area contributed by atoms with Crippen molar-refractivity contribution >= 4 is 23.1 Å². The highest BCUT2D eigenvalue weighted by Gasteiger charge is 2.48. The minimum atomic E-state index is -0.866. The molecule has 1 aliphatic rings. The lowest BCUT2D eigenvalue weighted by atomic mass is 9.93. The predicted octanol–water partition coefficient (Wildman–Crippen LogP) is 6.28. The van der Waals surface area contributed by atoms with E-state index < -0.39 is 17.7 Å². The van der Waals surface area contributed by atoms with Crippen LogP contribution in [0.4, 0.5) is 5.69 Å². The first-order valence-corrected chi connectivity index (χ1v) is 12.4. The van der Waals surface area contributed by atoms with E-state index in [2.05, 4.69) is 13.8 Å². The lowest BCUT2D eigenvalue weighted by Crippen LogP contribution is -2.30. The van der Waals surface area contributed by atoms with Crippen molar-refractivity contribution in [3.8, 4) is 11.5 Å². The van der Waals surface area contributed by atoms with Gasteiger partial charge in [-0.1, -0.05) is 49.7 Å². The van der Waals surface area contributed by atoms with Gasteiger partial charge in [0.2, 0.25) is 0 Å². The standard InChI is InChI=1S/C31H33NO5/c1-18(2)17-37-25-14-12-22(16-21(25)5)29(33)27-28(23-9-7-8-10-26(23)36-6)32(31(35)30(27)34)24-13-11-19(3)15-20(24)4/h7-16,18,28,33H,17H2,1-6H3/b29-27+. The Morgan fingerprint density at radius 1 is 0.946 bits per heavy atom. The van der Waals surface area contributed by atoms with Crippen LogP contribution in [-0.2, 0) is 9.59 Å². The number of rotatable bonds is 7. The smallest absolute Gasteiger partial charge is 0.300 e. The van der Waals surface area contributed by atoms with Crippen LogP contribution in [0.25, 0.3) is 5.76 Å². The molecule has 0 saturated carbocycles. The van der Waals surface area contributed by atoms with E-state index in [0.717, 1.165) is 16.7 Å². The number of methoxy groups -OCH3 is 1. The largest absolute Gasteiger partial charge is 0.507 e. The van der Waals surface area contributed by atoms with Gasteiger partial charge in [-0.2, -0.15) is 0 Å². The monoisotopic (exact) mass is 499 g/mol. The number of para-hydroxylation sites is 1. The predicted molar refractivity (Wildman–Crippen MR) is 145 cm³/mol. The van der Waals surface area contributed by atoms with Crippen molar-refractivity contribution in [3.05, 3.63) is 94.1 Å². The molecule has 3 aromatic carbocycles. The first-order chi connectivity index (χ1) is 17.6. The third kappa shape index (κ3) is 4.96. The van der Waals surface area contributed by atoms with Gasteiger partial charge in [-0.05, 0) is 68.1 Å². The van der Waals surface area contributed by atoms with Gasteiger partial charge in [-0.25, -0.2) is 0 Å². The minimum Gasteiger partial charge on any atom is -0.507 e. The van der Waals surface area contributed by atoms with Crippen molar-refractivity contribution in [1.82, 2.24) is 0 Å². The van der Waals surface area contributed by atoms with Gasteiger partial charge in [0.15, 0.2) is 0 Å². The zero-order chi connectivity index (χ0) is 26.9. The maximum absolute atomic E-state index is 13.5. The van der Waals surface area contributed by atoms with Gasteiger partial charge in [0, 0.05) is 16.8 Å². The van der Waals surface area contributed by atoms with Gasteiger partial charge in [0.05, 0.1) is 25.3 Å². The molecule has 4 rings (SSSR count). The van der Waals surface area contributed by atoms with E-state index in [9.17, 15) is 14.7 Å². The average molecular weight is 500 g/mol. The second-order valence-electron chi connectivity index (χ2n) is 9.89. The molecule has 0 aromatic heterocycles. The van der Waals surface area contributed by atoms with Gasteiger partial charge < -0.3 is 14.6 Å². The molecule has 192 valence electrons. The number of carbonyl (C=O) groups excluding carboxylic acids is 2. The number of anilines is 1. The number of benzene rings is 3. The fourth-order valence-electron chi connectivity index (χ4n) is 4.71. The average Bonchev–Trinajstić information content (AvgIpc) is 3.12. The van der Waals surface area contributed by atoms with Crippen LogP contribution in [0.1, 0.15) is 47.7 Å². The van der Waals surface area contributed by atoms with Crippen molar-refractivity contribution < 1.29 is 24.2 Å². The Kier molecular flexibility index (Phi) is 7.39. The maximum atomic E-state index is 13.5. The summed E-state index contributed by atoms with van der Waals surface area (Å²) in [6.07, 6.45) is 0. The van der Waals surface area contributed by atoms with Crippen molar-refractivity contribution in [2.45, 2.75) is 40.7 Å². The van der Waals surface area contributed by atoms with Gasteiger partial charge >= 0.3 is 0 Å². The normalized spacial score (nSPS) is 16.9. The molecule has 1 aliphatic heterocycles. The second kappa shape index (κ2) is 10.5. The molecule has 1 amide bonds. The number of ketones is 1. The van der Waals surface area contributed by atoms with Crippen molar-refractivity contribution in [1.29, 1.82) is 0 Å². The molecule has 1 atom stereocenters. The molecule has 0 aliphatic carbocycles. The molecular formula is C31H33NO5. The number of amides is 1. The van der Waals surface area contributed by atoms with Crippen LogP contribution in [0, 0.1) is 26.7 Å². The Morgan fingerprint density at radius 3 is 2.32 bits per heavy atom. The van der Waals surface area contributed by atoms with Gasteiger partial charge in [0.1, 0.15) is 17.3 Å². The first-order valence-electron chi connectivity index (χ1n) is 12.4. The summed E-state index contributed by atoms with van der Waals surface area (Å²) in [5, 5.41) is 11.5. The summed E-state index contributed by atoms with van der Waals surface area (Å²) in [7, 11) is 1.54. The van der Waals surface area contributed by atoms with Gasteiger partial charge in [0.25, 0.3) is 11.7 Å². The Hall–Kier alpha value is -4.06. The highest BCUT2D eigenvalue weighted by atomic mass is 16.5. The number of aryl methyl sites for hydroxylation is 3. The lowest BCUT2D eigenvalue weighted by Gasteiger charge is -2.28. The van der Waals surface area contributed by atoms with Crippen LogP contribution >= 0.6 is 0 Å². The summed E-state index contributed by atoms with van der Waals surface area (Å²) in [4.78, 5) is 28.5. The Morgan fingerprint density at radius 2 is 1.68 bits per heavy atom. The summed E-state index contributed by atoms with van der Waals surface area (Å²) < 4.78 is 11.5. The quantitative estimate of drug-likeness (QED) is 0.235. The molecule has 1 unspecified atom stereocenters. The van der Waals surface area contributed by atoms with Gasteiger partial charge in [-0.3, -0.25) is 14.5 Å². The van der Waals surface area contributed by atoms with Crippen LogP contribution < -0.4 is 14.4 Å². The molecule has 0 radical (unpaired) electrons. The third-order valence-electron chi connectivity index (χ3n) is 6.51. The lowest BCUT2D eigenvalue weighted by molar-refractivity contribution is -0.132. The van der Waals surface area contributed by atoms with Crippen molar-refractivity contribution in [2.24, 2.45) is 5.92 Å². The van der Waals surface area contributed by atoms with E-state index in [1.54, 1.807) is 31.4 Å². The molecule has 1 heterocycles. The highest BCUT2D eigenvalue weighted by molar-refractivity contribution is 6.51. The van der Waals surface area contributed by atoms with E-state index in [1.165, 1.54) is 4.90 Å². The van der Waals surface area contributed by atoms with Crippen LogP contribution in [0.5, 0.6) is 11.5 Å². The van der Waals surface area contributed by atoms with E-state index >= 15 is 0 Å². The Bertz CT molecular complexity index is 1390. The van der Waals surface area contributed by atoms with Crippen LogP contribution in [0.3, 0.4) is 0 Å². The van der Waals surface area contributed by atoms with E-state index in [0.29, 0.717) is 40.8 Å². The highest BCUT2D eigenvalue weighted by Crippen LogP contribution is 2.45. The number of ether oxygens (including phenoxy) is 2. The summed E-state index contributed by atoms with van der Waals surface area (Å²) in [5.74, 6) is -0.0790. The number of hydrogen-bond acceptors (Lipinski definition) is 5. The number of nitrogens with zero attached hydrogens (tertiary/aromatic N) is 1. The number of carbonyl (C=O) groups is 2. The summed E-state index contributed by atoms with van der Waals surface area (Å²) in [6, 6.07) is 17.3. The first kappa shape index (κ1) is 26.0. The summed E-state index contributed by atoms with van der Waals surface area (Å²) >= 11 is 0. The molecule has 0 spiro atoms. The van der Waals surface area contributed by atoms with Crippen LogP contribution in [0.15, 0.2) is 66.2 Å². The third-order valence-corrected chi connectivity index (χ3v) is 6.51. The molecular weight excluding hydrogens is 466 g/mol. The fraction of sp³-hybridized carbons (Fsp3) is 0.290. The molecule has 6 heteroatoms. The number of aliphatic hydroxyl groups excluding tert-OH is 1. The molecule has 3 aromatic rings. The summed E-state index contributed by atoms with van der Waals surface area (Å²) in [6.45, 7) is 10.5. The van der Waals surface area contributed by atoms with Crippen molar-refractivity contribution in [2.75, 3.05) is 18.6 Å². The van der Waals surface area contributed by atoms with E-state index in [4.69, 9.17) is 9.47 Å². The van der Waals surface area contributed by atoms with Crippen LogP contribution in [0.2, 0.25) is 0 Å². The van der Waals surface area contributed by atoms with Crippen LogP contribution in [-0.4, -0.2) is 30.5 Å². The van der Waals surface area contributed by atoms with Crippen molar-refractivity contribution in [3.63, 3.8) is 0 Å². The molecule has 1 saturated heterocycles. The molecule has 1 fully saturated rings. The number of hydrogen-bond donors (Lipinski definition) is 1. The topological polar surface area (TPSA) is 76.1 Å². The van der Waals surface area contributed by atoms with Gasteiger partial charge in [-0.15, -0.1) is 0 Å². The molecule has 6 nitrogen and oxygen atoms in total. The SMILES string of the molecule is COc1ccccc1C1/C(=C(\O)c2ccc(OCC(C)C)c(C)c2)C(=O)C(=O)N1c1ccc(C)cc1C.